The van der Waals surface area contributed by atoms with E-state index in [1.165, 1.54) is 27.1 Å². The van der Waals surface area contributed by atoms with Crippen LogP contribution in [-0.4, -0.2) is 63.7 Å². The highest BCUT2D eigenvalue weighted by molar-refractivity contribution is 5.79. The molecule has 0 saturated carbocycles. The number of aliphatic hydroxyl groups is 2. The standard InChI is InChI=1S/C14H21N3O7/c1-6-4-17(14(22)16-11(6)20)13-10(9(19)8(5-18)24-13)23-7(2)12(21)15-3/h4,7-10,13,18-19H,5H2,1-3H3,(H,15,21)(H,16,20,22)/t7?,8-,9?,10+,13-/m1/s1. The highest BCUT2D eigenvalue weighted by atomic mass is 16.6. The van der Waals surface area contributed by atoms with Crippen LogP contribution in [0.25, 0.3) is 0 Å². The van der Waals surface area contributed by atoms with Crippen molar-refractivity contribution in [2.75, 3.05) is 13.7 Å². The van der Waals surface area contributed by atoms with Gasteiger partial charge in [-0.3, -0.25) is 19.1 Å². The second-order valence-corrected chi connectivity index (χ2v) is 5.57. The first kappa shape index (κ1) is 18.3. The number of aromatic amines is 1. The van der Waals surface area contributed by atoms with Gasteiger partial charge in [0.2, 0.25) is 5.91 Å². The molecule has 1 aliphatic heterocycles. The van der Waals surface area contributed by atoms with Gasteiger partial charge in [0.1, 0.15) is 24.4 Å². The summed E-state index contributed by atoms with van der Waals surface area (Å²) < 4.78 is 12.1. The van der Waals surface area contributed by atoms with Crippen LogP contribution in [-0.2, 0) is 14.3 Å². The highest BCUT2D eigenvalue weighted by Crippen LogP contribution is 2.31. The number of aromatic nitrogens is 2. The molecule has 2 unspecified atom stereocenters. The van der Waals surface area contributed by atoms with Crippen molar-refractivity contribution >= 4 is 5.91 Å². The molecular formula is C14H21N3O7. The summed E-state index contributed by atoms with van der Waals surface area (Å²) in [6, 6.07) is 0. The summed E-state index contributed by atoms with van der Waals surface area (Å²) in [5, 5.41) is 22.0. The minimum Gasteiger partial charge on any atom is -0.394 e. The molecule has 1 aromatic heterocycles. The zero-order valence-electron chi connectivity index (χ0n) is 13.6. The van der Waals surface area contributed by atoms with E-state index in [1.54, 1.807) is 0 Å². The van der Waals surface area contributed by atoms with Crippen LogP contribution in [0.3, 0.4) is 0 Å². The first-order valence-electron chi connectivity index (χ1n) is 7.43. The van der Waals surface area contributed by atoms with Crippen molar-refractivity contribution in [3.05, 3.63) is 32.6 Å². The minimum absolute atomic E-state index is 0.262. The second kappa shape index (κ2) is 7.26. The maximum absolute atomic E-state index is 12.1. The number of nitrogens with zero attached hydrogens (tertiary/aromatic N) is 1. The number of carbonyl (C=O) groups is 1. The van der Waals surface area contributed by atoms with Gasteiger partial charge < -0.3 is 25.0 Å². The van der Waals surface area contributed by atoms with Crippen molar-refractivity contribution in [1.29, 1.82) is 0 Å². The van der Waals surface area contributed by atoms with E-state index in [0.29, 0.717) is 0 Å². The van der Waals surface area contributed by atoms with Gasteiger partial charge in [-0.1, -0.05) is 0 Å². The third kappa shape index (κ3) is 3.41. The zero-order chi connectivity index (χ0) is 18.0. The summed E-state index contributed by atoms with van der Waals surface area (Å²) in [7, 11) is 1.44. The number of nitrogens with one attached hydrogen (secondary N) is 2. The van der Waals surface area contributed by atoms with Crippen molar-refractivity contribution in [2.45, 2.75) is 44.5 Å². The van der Waals surface area contributed by atoms with Gasteiger partial charge in [-0.2, -0.15) is 0 Å². The topological polar surface area (TPSA) is 143 Å². The number of ether oxygens (including phenoxy) is 2. The lowest BCUT2D eigenvalue weighted by atomic mass is 10.1. The van der Waals surface area contributed by atoms with E-state index in [9.17, 15) is 24.6 Å². The van der Waals surface area contributed by atoms with E-state index < -0.39 is 54.4 Å². The number of likely N-dealkylation sites (N-methyl/N-ethyl adjacent to an activating group) is 1. The molecule has 4 N–H and O–H groups in total. The van der Waals surface area contributed by atoms with Gasteiger partial charge in [0.25, 0.3) is 5.56 Å². The molecule has 1 aliphatic rings. The fourth-order valence-corrected chi connectivity index (χ4v) is 2.52. The van der Waals surface area contributed by atoms with Gasteiger partial charge in [-0.25, -0.2) is 4.79 Å². The largest absolute Gasteiger partial charge is 0.394 e. The van der Waals surface area contributed by atoms with Crippen LogP contribution in [0.4, 0.5) is 0 Å². The Morgan fingerprint density at radius 2 is 2.21 bits per heavy atom. The fraction of sp³-hybridized carbons (Fsp3) is 0.643. The van der Waals surface area contributed by atoms with E-state index >= 15 is 0 Å². The van der Waals surface area contributed by atoms with Gasteiger partial charge >= 0.3 is 5.69 Å². The number of H-pyrrole nitrogens is 1. The quantitative estimate of drug-likeness (QED) is 0.467. The van der Waals surface area contributed by atoms with Crippen molar-refractivity contribution in [1.82, 2.24) is 14.9 Å². The van der Waals surface area contributed by atoms with Gasteiger partial charge in [0.05, 0.1) is 6.61 Å². The van der Waals surface area contributed by atoms with E-state index in [-0.39, 0.29) is 5.56 Å². The van der Waals surface area contributed by atoms with Gasteiger partial charge in [0, 0.05) is 18.8 Å². The molecule has 0 aromatic carbocycles. The number of amides is 1. The Morgan fingerprint density at radius 1 is 1.54 bits per heavy atom. The number of rotatable bonds is 5. The maximum atomic E-state index is 12.1. The lowest BCUT2D eigenvalue weighted by molar-refractivity contribution is -0.144. The predicted octanol–water partition coefficient (Wildman–Crippen LogP) is -2.38. The molecule has 0 radical (unpaired) electrons. The Morgan fingerprint density at radius 3 is 2.79 bits per heavy atom. The summed E-state index contributed by atoms with van der Waals surface area (Å²) in [4.78, 5) is 37.3. The molecule has 2 heterocycles. The Kier molecular flexibility index (Phi) is 5.54. The molecule has 10 nitrogen and oxygen atoms in total. The average Bonchev–Trinajstić information content (AvgIpc) is 2.86. The van der Waals surface area contributed by atoms with E-state index in [0.717, 1.165) is 4.57 Å². The van der Waals surface area contributed by atoms with Crippen LogP contribution < -0.4 is 16.6 Å². The molecule has 1 saturated heterocycles. The Bertz CT molecular complexity index is 713. The van der Waals surface area contributed by atoms with Gasteiger partial charge in [-0.15, -0.1) is 0 Å². The molecule has 2 rings (SSSR count). The molecule has 1 fully saturated rings. The average molecular weight is 343 g/mol. The summed E-state index contributed by atoms with van der Waals surface area (Å²) >= 11 is 0. The normalized spacial score (nSPS) is 27.9. The number of hydrogen-bond acceptors (Lipinski definition) is 7. The van der Waals surface area contributed by atoms with Crippen LogP contribution >= 0.6 is 0 Å². The predicted molar refractivity (Wildman–Crippen MR) is 81.5 cm³/mol. The number of carbonyl (C=O) groups excluding carboxylic acids is 1. The number of hydrogen-bond donors (Lipinski definition) is 4. The highest BCUT2D eigenvalue weighted by Gasteiger charge is 2.46. The van der Waals surface area contributed by atoms with Gasteiger partial charge in [0.15, 0.2) is 6.23 Å². The molecule has 1 amide bonds. The molecule has 134 valence electrons. The smallest absolute Gasteiger partial charge is 0.330 e. The van der Waals surface area contributed by atoms with Crippen LogP contribution in [0.2, 0.25) is 0 Å². The van der Waals surface area contributed by atoms with E-state index in [2.05, 4.69) is 10.3 Å². The molecule has 24 heavy (non-hydrogen) atoms. The first-order chi connectivity index (χ1) is 11.3. The molecule has 5 atom stereocenters. The summed E-state index contributed by atoms with van der Waals surface area (Å²) in [6.45, 7) is 2.49. The maximum Gasteiger partial charge on any atom is 0.330 e. The van der Waals surface area contributed by atoms with Gasteiger partial charge in [-0.05, 0) is 13.8 Å². The molecule has 10 heteroatoms. The fourth-order valence-electron chi connectivity index (χ4n) is 2.52. The third-order valence-corrected chi connectivity index (χ3v) is 3.89. The van der Waals surface area contributed by atoms with Crippen molar-refractivity contribution in [3.63, 3.8) is 0 Å². The molecule has 0 aliphatic carbocycles. The molecule has 0 bridgehead atoms. The Balaban J connectivity index is 2.38. The first-order valence-corrected chi connectivity index (χ1v) is 7.43. The summed E-state index contributed by atoms with van der Waals surface area (Å²) in [5.74, 6) is -0.418. The van der Waals surface area contributed by atoms with Crippen LogP contribution in [0.5, 0.6) is 0 Å². The Labute approximate surface area is 137 Å². The second-order valence-electron chi connectivity index (χ2n) is 5.57. The van der Waals surface area contributed by atoms with Crippen LogP contribution in [0, 0.1) is 6.92 Å². The Hall–Kier alpha value is -2.01. The van der Waals surface area contributed by atoms with Crippen molar-refractivity contribution < 1.29 is 24.5 Å². The van der Waals surface area contributed by atoms with Crippen LogP contribution in [0.15, 0.2) is 15.8 Å². The lowest BCUT2D eigenvalue weighted by Crippen LogP contribution is -2.44. The monoisotopic (exact) mass is 343 g/mol. The molecular weight excluding hydrogens is 322 g/mol. The van der Waals surface area contributed by atoms with Crippen LogP contribution in [0.1, 0.15) is 18.7 Å². The van der Waals surface area contributed by atoms with E-state index in [1.807, 2.05) is 0 Å². The minimum atomic E-state index is -1.26. The zero-order valence-corrected chi connectivity index (χ0v) is 13.6. The van der Waals surface area contributed by atoms with Crippen molar-refractivity contribution in [3.8, 4) is 0 Å². The third-order valence-electron chi connectivity index (χ3n) is 3.89. The summed E-state index contributed by atoms with van der Waals surface area (Å²) in [5.41, 5.74) is -1.02. The molecule has 0 spiro atoms. The molecule has 1 aromatic rings. The number of aryl methyl sites for hydroxylation is 1. The SMILES string of the molecule is CNC(=O)C(C)O[C@H]1C(O)[C@@H](CO)O[C@H]1n1cc(C)c(=O)[nH]c1=O. The lowest BCUT2D eigenvalue weighted by Gasteiger charge is -2.25. The number of aliphatic hydroxyl groups excluding tert-OH is 2. The van der Waals surface area contributed by atoms with Crippen molar-refractivity contribution in [2.24, 2.45) is 0 Å². The van der Waals surface area contributed by atoms with E-state index in [4.69, 9.17) is 9.47 Å². The summed E-state index contributed by atoms with van der Waals surface area (Å²) in [6.07, 6.45) is -4.08.